The van der Waals surface area contributed by atoms with Gasteiger partial charge in [-0.05, 0) is 53.1 Å². The van der Waals surface area contributed by atoms with Crippen molar-refractivity contribution in [1.29, 1.82) is 0 Å². The normalized spacial score (nSPS) is 11.8. The third kappa shape index (κ3) is 6.76. The zero-order valence-electron chi connectivity index (χ0n) is 19.5. The summed E-state index contributed by atoms with van der Waals surface area (Å²) in [4.78, 5) is 26.4. The number of methoxy groups -OCH3 is 3. The van der Waals surface area contributed by atoms with Crippen molar-refractivity contribution < 1.29 is 23.8 Å². The molecule has 0 aliphatic heterocycles. The Morgan fingerprint density at radius 1 is 0.794 bits per heavy atom. The van der Waals surface area contributed by atoms with E-state index in [-0.39, 0.29) is 18.0 Å². The molecule has 0 amide bonds. The summed E-state index contributed by atoms with van der Waals surface area (Å²) in [6, 6.07) is 22.9. The lowest BCUT2D eigenvalue weighted by Crippen LogP contribution is -2.31. The molecule has 0 saturated carbocycles. The second kappa shape index (κ2) is 12.5. The zero-order chi connectivity index (χ0) is 24.5. The van der Waals surface area contributed by atoms with Gasteiger partial charge in [0.25, 0.3) is 0 Å². The Morgan fingerprint density at radius 3 is 1.79 bits per heavy atom. The van der Waals surface area contributed by atoms with Gasteiger partial charge in [0.05, 0.1) is 38.0 Å². The number of halogens is 1. The van der Waals surface area contributed by atoms with Crippen LogP contribution in [0.5, 0.6) is 0 Å². The van der Waals surface area contributed by atoms with Crippen LogP contribution in [-0.2, 0) is 27.3 Å². The van der Waals surface area contributed by atoms with E-state index < -0.39 is 0 Å². The van der Waals surface area contributed by atoms with E-state index in [9.17, 15) is 9.59 Å². The van der Waals surface area contributed by atoms with Crippen molar-refractivity contribution in [2.75, 3.05) is 27.9 Å². The van der Waals surface area contributed by atoms with E-state index >= 15 is 0 Å². The first-order valence-electron chi connectivity index (χ1n) is 10.8. The maximum atomic E-state index is 12.1. The Kier molecular flexibility index (Phi) is 9.39. The van der Waals surface area contributed by atoms with E-state index in [0.717, 1.165) is 21.2 Å². The summed E-state index contributed by atoms with van der Waals surface area (Å²) in [5, 5.41) is 0. The Balaban J connectivity index is 2.00. The van der Waals surface area contributed by atoms with Crippen LogP contribution in [0.15, 0.2) is 77.3 Å². The molecule has 1 atom stereocenters. The second-order valence-corrected chi connectivity index (χ2v) is 8.73. The zero-order valence-corrected chi connectivity index (χ0v) is 21.1. The van der Waals surface area contributed by atoms with E-state index in [0.29, 0.717) is 30.8 Å². The third-order valence-corrected chi connectivity index (χ3v) is 5.96. The number of carbonyl (C=O) groups excluding carboxylic acids is 2. The quantitative estimate of drug-likeness (QED) is 0.329. The highest BCUT2D eigenvalue weighted by Gasteiger charge is 2.22. The molecule has 0 aliphatic rings. The lowest BCUT2D eigenvalue weighted by Gasteiger charge is -2.32. The molecular formula is C27H28BrNO5. The minimum absolute atomic E-state index is 0.0777. The molecule has 0 bridgehead atoms. The Bertz CT molecular complexity index is 1070. The maximum absolute atomic E-state index is 12.1. The first kappa shape index (κ1) is 25.6. The van der Waals surface area contributed by atoms with Crippen molar-refractivity contribution in [3.05, 3.63) is 105 Å². The van der Waals surface area contributed by atoms with Gasteiger partial charge < -0.3 is 14.2 Å². The average Bonchev–Trinajstić information content (AvgIpc) is 2.86. The van der Waals surface area contributed by atoms with Crippen LogP contribution in [0.3, 0.4) is 0 Å². The minimum Gasteiger partial charge on any atom is -0.465 e. The molecule has 0 aliphatic carbocycles. The molecule has 0 saturated heterocycles. The second-order valence-electron chi connectivity index (χ2n) is 7.82. The van der Waals surface area contributed by atoms with Crippen molar-refractivity contribution in [3.8, 4) is 0 Å². The lowest BCUT2D eigenvalue weighted by molar-refractivity contribution is 0.0592. The van der Waals surface area contributed by atoms with Gasteiger partial charge in [0.2, 0.25) is 0 Å². The molecule has 6 nitrogen and oxygen atoms in total. The van der Waals surface area contributed by atoms with E-state index in [1.807, 2.05) is 48.5 Å². The highest BCUT2D eigenvalue weighted by Crippen LogP contribution is 2.28. The monoisotopic (exact) mass is 525 g/mol. The van der Waals surface area contributed by atoms with Crippen molar-refractivity contribution in [1.82, 2.24) is 4.90 Å². The summed E-state index contributed by atoms with van der Waals surface area (Å²) >= 11 is 3.57. The van der Waals surface area contributed by atoms with Crippen LogP contribution in [0.2, 0.25) is 0 Å². The van der Waals surface area contributed by atoms with Gasteiger partial charge >= 0.3 is 11.9 Å². The molecule has 34 heavy (non-hydrogen) atoms. The topological polar surface area (TPSA) is 65.1 Å². The van der Waals surface area contributed by atoms with Gasteiger partial charge in [0, 0.05) is 24.7 Å². The highest BCUT2D eigenvalue weighted by atomic mass is 79.9. The summed E-state index contributed by atoms with van der Waals surface area (Å²) in [6.45, 7) is 1.56. The van der Waals surface area contributed by atoms with Crippen molar-refractivity contribution >= 4 is 27.9 Å². The lowest BCUT2D eigenvalue weighted by atomic mass is 10.0. The van der Waals surface area contributed by atoms with Crippen LogP contribution in [0.1, 0.15) is 43.4 Å². The smallest absolute Gasteiger partial charge is 0.337 e. The van der Waals surface area contributed by atoms with Gasteiger partial charge in [-0.15, -0.1) is 0 Å². The molecule has 3 rings (SSSR count). The van der Waals surface area contributed by atoms with Gasteiger partial charge in [0.1, 0.15) is 0 Å². The summed E-state index contributed by atoms with van der Waals surface area (Å²) in [5.74, 6) is -0.751. The van der Waals surface area contributed by atoms with Crippen LogP contribution in [0.4, 0.5) is 0 Å². The molecule has 3 aromatic rings. The standard InChI is InChI=1S/C27H28BrNO5/c1-32-18-25(21-9-6-12-24(28)15-21)29(16-19-7-4-10-22(13-19)26(30)33-2)17-20-8-5-11-23(14-20)27(31)34-3/h4-15,25H,16-18H2,1-3H3/t25-/m1/s1. The molecule has 0 aromatic heterocycles. The number of rotatable bonds is 10. The average molecular weight is 526 g/mol. The number of hydrogen-bond donors (Lipinski definition) is 0. The van der Waals surface area contributed by atoms with Gasteiger partial charge in [-0.2, -0.15) is 0 Å². The van der Waals surface area contributed by atoms with E-state index in [1.54, 1.807) is 19.2 Å². The summed E-state index contributed by atoms with van der Waals surface area (Å²) in [7, 11) is 4.42. The number of benzene rings is 3. The molecule has 0 spiro atoms. The largest absolute Gasteiger partial charge is 0.465 e. The third-order valence-electron chi connectivity index (χ3n) is 5.47. The SMILES string of the molecule is COC[C@H](c1cccc(Br)c1)N(Cc1cccc(C(=O)OC)c1)Cc1cccc(C(=O)OC)c1. The van der Waals surface area contributed by atoms with Gasteiger partial charge in [-0.1, -0.05) is 52.3 Å². The number of esters is 2. The predicted octanol–water partition coefficient (Wildman–Crippen LogP) is 5.41. The molecule has 0 unspecified atom stereocenters. The number of hydrogen-bond acceptors (Lipinski definition) is 6. The van der Waals surface area contributed by atoms with Crippen LogP contribution in [0, 0.1) is 0 Å². The fourth-order valence-electron chi connectivity index (χ4n) is 3.86. The molecule has 178 valence electrons. The molecule has 0 radical (unpaired) electrons. The maximum Gasteiger partial charge on any atom is 0.337 e. The highest BCUT2D eigenvalue weighted by molar-refractivity contribution is 9.10. The molecule has 0 fully saturated rings. The molecular weight excluding hydrogens is 498 g/mol. The first-order chi connectivity index (χ1) is 16.4. The van der Waals surface area contributed by atoms with Gasteiger partial charge in [-0.3, -0.25) is 4.90 Å². The molecule has 3 aromatic carbocycles. The van der Waals surface area contributed by atoms with E-state index in [4.69, 9.17) is 14.2 Å². The summed E-state index contributed by atoms with van der Waals surface area (Å²) in [6.07, 6.45) is 0. The number of ether oxygens (including phenoxy) is 3. The van der Waals surface area contributed by atoms with Crippen molar-refractivity contribution in [2.24, 2.45) is 0 Å². The van der Waals surface area contributed by atoms with Gasteiger partial charge in [0.15, 0.2) is 0 Å². The van der Waals surface area contributed by atoms with Crippen LogP contribution < -0.4 is 0 Å². The summed E-state index contributed by atoms with van der Waals surface area (Å²) in [5.41, 5.74) is 4.01. The molecule has 0 heterocycles. The van der Waals surface area contributed by atoms with Crippen LogP contribution in [0.25, 0.3) is 0 Å². The number of carbonyl (C=O) groups is 2. The van der Waals surface area contributed by atoms with Crippen LogP contribution in [-0.4, -0.2) is 44.8 Å². The molecule has 0 N–H and O–H groups in total. The van der Waals surface area contributed by atoms with Crippen LogP contribution >= 0.6 is 15.9 Å². The minimum atomic E-state index is -0.375. The summed E-state index contributed by atoms with van der Waals surface area (Å²) < 4.78 is 16.4. The van der Waals surface area contributed by atoms with Crippen molar-refractivity contribution in [2.45, 2.75) is 19.1 Å². The van der Waals surface area contributed by atoms with Gasteiger partial charge in [-0.25, -0.2) is 9.59 Å². The van der Waals surface area contributed by atoms with E-state index in [2.05, 4.69) is 33.0 Å². The Labute approximate surface area is 208 Å². The Morgan fingerprint density at radius 2 is 1.32 bits per heavy atom. The number of nitrogens with zero attached hydrogens (tertiary/aromatic N) is 1. The Hall–Kier alpha value is -3.00. The first-order valence-corrected chi connectivity index (χ1v) is 11.6. The fourth-order valence-corrected chi connectivity index (χ4v) is 4.28. The fraction of sp³-hybridized carbons (Fsp3) is 0.259. The molecule has 7 heteroatoms. The predicted molar refractivity (Wildman–Crippen MR) is 134 cm³/mol. The van der Waals surface area contributed by atoms with E-state index in [1.165, 1.54) is 14.2 Å². The van der Waals surface area contributed by atoms with Crippen molar-refractivity contribution in [3.63, 3.8) is 0 Å².